The van der Waals surface area contributed by atoms with Crippen molar-refractivity contribution in [1.29, 1.82) is 0 Å². The molecular weight excluding hydrogens is 637 g/mol. The van der Waals surface area contributed by atoms with Gasteiger partial charge >= 0.3 is 12.1 Å². The van der Waals surface area contributed by atoms with E-state index in [9.17, 15) is 18.0 Å². The highest BCUT2D eigenvalue weighted by Crippen LogP contribution is 2.27. The van der Waals surface area contributed by atoms with E-state index in [2.05, 4.69) is 4.90 Å². The number of hydrogen-bond donors (Lipinski definition) is 0. The Hall–Kier alpha value is -3.15. The zero-order valence-electron chi connectivity index (χ0n) is 25.6. The van der Waals surface area contributed by atoms with Crippen LogP contribution in [0.15, 0.2) is 89.8 Å². The molecule has 0 unspecified atom stereocenters. The van der Waals surface area contributed by atoms with Crippen LogP contribution in [0.3, 0.4) is 0 Å². The molecule has 45 heavy (non-hydrogen) atoms. The smallest absolute Gasteiger partial charge is 0.410 e. The van der Waals surface area contributed by atoms with Crippen LogP contribution in [0, 0.1) is 0 Å². The van der Waals surface area contributed by atoms with Crippen LogP contribution in [-0.4, -0.2) is 87.5 Å². The molecule has 3 aromatic carbocycles. The first-order valence-corrected chi connectivity index (χ1v) is 16.5. The van der Waals surface area contributed by atoms with Gasteiger partial charge in [-0.25, -0.2) is 17.5 Å². The Morgan fingerprint density at radius 1 is 0.978 bits per heavy atom. The monoisotopic (exact) mass is 677 g/mol. The molecular formula is C33H41Cl2N3O6S. The molecule has 0 N–H and O–H groups in total. The molecule has 4 rings (SSSR count). The van der Waals surface area contributed by atoms with Crippen LogP contribution < -0.4 is 0 Å². The molecule has 1 aliphatic rings. The van der Waals surface area contributed by atoms with Crippen molar-refractivity contribution in [3.8, 4) is 0 Å². The second-order valence-corrected chi connectivity index (χ2v) is 13.4. The Kier molecular flexibility index (Phi) is 14.1. The lowest BCUT2D eigenvalue weighted by molar-refractivity contribution is -0.142. The molecule has 1 heterocycles. The highest BCUT2D eigenvalue weighted by Gasteiger charge is 2.32. The SMILES string of the molecule is COC(=O)CN(C(=O)OCc1ccccc1)C1CCN(CC[C@H](CN(C)S(=O)(=O)c2ccccc2)c2cccc(Cl)c2)CC1.Cl. The van der Waals surface area contributed by atoms with Crippen LogP contribution in [-0.2, 0) is 30.9 Å². The lowest BCUT2D eigenvalue weighted by Crippen LogP contribution is -2.49. The third kappa shape index (κ3) is 10.4. The van der Waals surface area contributed by atoms with E-state index in [-0.39, 0.29) is 42.4 Å². The predicted molar refractivity (Wildman–Crippen MR) is 177 cm³/mol. The molecule has 9 nitrogen and oxygen atoms in total. The molecule has 12 heteroatoms. The molecule has 0 spiro atoms. The zero-order chi connectivity index (χ0) is 31.5. The van der Waals surface area contributed by atoms with Crippen molar-refractivity contribution in [2.24, 2.45) is 0 Å². The number of likely N-dealkylation sites (tertiary alicyclic amines) is 1. The van der Waals surface area contributed by atoms with Gasteiger partial charge in [-0.15, -0.1) is 12.4 Å². The number of methoxy groups -OCH3 is 1. The molecule has 0 aromatic heterocycles. The first-order valence-electron chi connectivity index (χ1n) is 14.7. The number of rotatable bonds is 13. The molecule has 0 saturated carbocycles. The van der Waals surface area contributed by atoms with Gasteiger partial charge in [-0.1, -0.05) is 72.3 Å². The molecule has 1 amide bonds. The van der Waals surface area contributed by atoms with Crippen molar-refractivity contribution in [3.05, 3.63) is 101 Å². The Morgan fingerprint density at radius 3 is 2.24 bits per heavy atom. The van der Waals surface area contributed by atoms with Gasteiger partial charge in [0.1, 0.15) is 13.2 Å². The van der Waals surface area contributed by atoms with Crippen molar-refractivity contribution in [3.63, 3.8) is 0 Å². The van der Waals surface area contributed by atoms with Gasteiger partial charge in [-0.05, 0) is 67.1 Å². The number of likely N-dealkylation sites (N-methyl/N-ethyl adjacent to an activating group) is 1. The normalized spacial score (nSPS) is 14.8. The molecule has 0 aliphatic carbocycles. The van der Waals surface area contributed by atoms with Crippen molar-refractivity contribution < 1.29 is 27.5 Å². The lowest BCUT2D eigenvalue weighted by atomic mass is 9.94. The number of piperidine rings is 1. The largest absolute Gasteiger partial charge is 0.468 e. The highest BCUT2D eigenvalue weighted by atomic mass is 35.5. The number of nitrogens with zero attached hydrogens (tertiary/aromatic N) is 3. The summed E-state index contributed by atoms with van der Waals surface area (Å²) in [6.45, 7) is 2.42. The van der Waals surface area contributed by atoms with Crippen molar-refractivity contribution >= 4 is 46.1 Å². The van der Waals surface area contributed by atoms with Gasteiger partial charge in [0.25, 0.3) is 0 Å². The molecule has 0 radical (unpaired) electrons. The lowest BCUT2D eigenvalue weighted by Gasteiger charge is -2.38. The maximum Gasteiger partial charge on any atom is 0.410 e. The maximum absolute atomic E-state index is 13.3. The molecule has 3 aromatic rings. The van der Waals surface area contributed by atoms with Crippen LogP contribution in [0.2, 0.25) is 5.02 Å². The molecule has 244 valence electrons. The Bertz CT molecular complexity index is 1470. The van der Waals surface area contributed by atoms with Gasteiger partial charge in [-0.2, -0.15) is 0 Å². The van der Waals surface area contributed by atoms with E-state index in [1.54, 1.807) is 37.4 Å². The number of ether oxygens (including phenoxy) is 2. The average molecular weight is 679 g/mol. The van der Waals surface area contributed by atoms with Crippen LogP contribution in [0.4, 0.5) is 4.79 Å². The minimum atomic E-state index is -3.66. The molecule has 1 aliphatic heterocycles. The van der Waals surface area contributed by atoms with E-state index in [0.717, 1.165) is 17.7 Å². The maximum atomic E-state index is 13.3. The fraction of sp³-hybridized carbons (Fsp3) is 0.394. The van der Waals surface area contributed by atoms with E-state index in [1.165, 1.54) is 16.3 Å². The van der Waals surface area contributed by atoms with Gasteiger partial charge < -0.3 is 14.4 Å². The fourth-order valence-electron chi connectivity index (χ4n) is 5.45. The second kappa shape index (κ2) is 17.5. The summed E-state index contributed by atoms with van der Waals surface area (Å²) in [5.41, 5.74) is 1.85. The number of carbonyl (C=O) groups excluding carboxylic acids is 2. The van der Waals surface area contributed by atoms with Crippen LogP contribution >= 0.6 is 24.0 Å². The number of benzene rings is 3. The predicted octanol–water partition coefficient (Wildman–Crippen LogP) is 5.83. The third-order valence-electron chi connectivity index (χ3n) is 8.01. The molecule has 1 saturated heterocycles. The number of halogens is 2. The quantitative estimate of drug-likeness (QED) is 0.210. The van der Waals surface area contributed by atoms with Gasteiger partial charge in [0, 0.05) is 37.7 Å². The Labute approximate surface area is 277 Å². The second-order valence-electron chi connectivity index (χ2n) is 11.0. The fourth-order valence-corrected chi connectivity index (χ4v) is 6.88. The number of amides is 1. The number of sulfonamides is 1. The first-order chi connectivity index (χ1) is 21.2. The van der Waals surface area contributed by atoms with Gasteiger partial charge in [-0.3, -0.25) is 9.69 Å². The summed E-state index contributed by atoms with van der Waals surface area (Å²) in [5.74, 6) is -0.582. The van der Waals surface area contributed by atoms with E-state index in [4.69, 9.17) is 21.1 Å². The molecule has 1 fully saturated rings. The number of esters is 1. The summed E-state index contributed by atoms with van der Waals surface area (Å²) in [6.07, 6.45) is 1.51. The van der Waals surface area contributed by atoms with E-state index in [0.29, 0.717) is 43.9 Å². The minimum absolute atomic E-state index is 0. The average Bonchev–Trinajstić information content (AvgIpc) is 3.05. The summed E-state index contributed by atoms with van der Waals surface area (Å²) >= 11 is 6.32. The van der Waals surface area contributed by atoms with Gasteiger partial charge in [0.2, 0.25) is 10.0 Å². The summed E-state index contributed by atoms with van der Waals surface area (Å²) < 4.78 is 38.3. The zero-order valence-corrected chi connectivity index (χ0v) is 28.0. The molecule has 1 atom stereocenters. The van der Waals surface area contributed by atoms with E-state index < -0.39 is 22.1 Å². The van der Waals surface area contributed by atoms with Gasteiger partial charge in [0.05, 0.1) is 12.0 Å². The summed E-state index contributed by atoms with van der Waals surface area (Å²) in [6, 6.07) is 25.2. The summed E-state index contributed by atoms with van der Waals surface area (Å²) in [4.78, 5) is 29.3. The van der Waals surface area contributed by atoms with Crippen LogP contribution in [0.5, 0.6) is 0 Å². The standard InChI is InChI=1S/C33H40ClN3O6S.ClH/c1-35(44(40,41)31-14-7-4-8-15-31)23-28(27-12-9-13-29(34)22-27)16-19-36-20-17-30(18-21-36)37(24-32(38)42-2)33(39)43-25-26-10-5-3-6-11-26;/h3-15,22,28,30H,16-21,23-25H2,1-2H3;1H/t28-;/m1./s1. The molecule has 0 bridgehead atoms. The summed E-state index contributed by atoms with van der Waals surface area (Å²) in [5, 5.41) is 0.603. The number of hydrogen-bond acceptors (Lipinski definition) is 7. The van der Waals surface area contributed by atoms with Crippen molar-refractivity contribution in [2.45, 2.75) is 42.7 Å². The van der Waals surface area contributed by atoms with Crippen LogP contribution in [0.1, 0.15) is 36.3 Å². The third-order valence-corrected chi connectivity index (χ3v) is 10.1. The van der Waals surface area contributed by atoms with Crippen molar-refractivity contribution in [2.75, 3.05) is 46.9 Å². The Balaban J connectivity index is 0.00000552. The van der Waals surface area contributed by atoms with Gasteiger partial charge in [0.15, 0.2) is 0 Å². The topological polar surface area (TPSA) is 96.5 Å². The summed E-state index contributed by atoms with van der Waals surface area (Å²) in [7, 11) is -0.743. The minimum Gasteiger partial charge on any atom is -0.468 e. The van der Waals surface area contributed by atoms with E-state index in [1.807, 2.05) is 54.6 Å². The number of carbonyl (C=O) groups is 2. The van der Waals surface area contributed by atoms with Crippen LogP contribution in [0.25, 0.3) is 0 Å². The van der Waals surface area contributed by atoms with E-state index >= 15 is 0 Å². The first kappa shape index (κ1) is 36.3. The Morgan fingerprint density at radius 2 is 1.62 bits per heavy atom. The highest BCUT2D eigenvalue weighted by molar-refractivity contribution is 7.89. The van der Waals surface area contributed by atoms with Crippen molar-refractivity contribution in [1.82, 2.24) is 14.1 Å².